The van der Waals surface area contributed by atoms with E-state index in [1.807, 2.05) is 0 Å². The molecule has 1 aliphatic carbocycles. The first kappa shape index (κ1) is 6.05. The summed E-state index contributed by atoms with van der Waals surface area (Å²) in [6, 6.07) is 0. The maximum absolute atomic E-state index is 11.0. The Hall–Kier alpha value is -1.69. The fourth-order valence-electron chi connectivity index (χ4n) is 1.05. The Morgan fingerprint density at radius 3 is 3.18 bits per heavy atom. The van der Waals surface area contributed by atoms with Gasteiger partial charge in [-0.1, -0.05) is 5.73 Å². The van der Waals surface area contributed by atoms with Crippen LogP contribution in [0.1, 0.15) is 0 Å². The van der Waals surface area contributed by atoms with Crippen molar-refractivity contribution in [1.29, 1.82) is 0 Å². The molecule has 0 aliphatic heterocycles. The first-order valence-electron chi connectivity index (χ1n) is 3.26. The zero-order valence-electron chi connectivity index (χ0n) is 6.01. The van der Waals surface area contributed by atoms with E-state index in [0.29, 0.717) is 0 Å². The van der Waals surface area contributed by atoms with Gasteiger partial charge in [0.25, 0.3) is 0 Å². The van der Waals surface area contributed by atoms with Gasteiger partial charge in [0.2, 0.25) is 0 Å². The topological polar surface area (TPSA) is 37.8 Å². The minimum atomic E-state index is -0.115. The summed E-state index contributed by atoms with van der Waals surface area (Å²) in [6.45, 7) is 0. The van der Waals surface area contributed by atoms with Crippen LogP contribution in [-0.4, -0.2) is 9.55 Å². The number of fused-ring (bicyclic) bond motifs is 1. The molecule has 0 unspecified atom stereocenters. The minimum Gasteiger partial charge on any atom is -0.305 e. The summed E-state index contributed by atoms with van der Waals surface area (Å²) < 4.78 is 1.51. The number of H-pyrrole nitrogens is 1. The Bertz CT molecular complexity index is 532. The molecule has 0 saturated heterocycles. The largest absolute Gasteiger partial charge is 0.326 e. The number of aromatic nitrogens is 2. The predicted molar refractivity (Wildman–Crippen MR) is 41.2 cm³/mol. The minimum absolute atomic E-state index is 0.115. The second kappa shape index (κ2) is 1.89. The van der Waals surface area contributed by atoms with Crippen molar-refractivity contribution in [1.82, 2.24) is 9.55 Å². The van der Waals surface area contributed by atoms with Crippen LogP contribution in [0.2, 0.25) is 0 Å². The highest BCUT2D eigenvalue weighted by Gasteiger charge is 1.95. The smallest absolute Gasteiger partial charge is 0.305 e. The zero-order chi connectivity index (χ0) is 7.84. The molecule has 1 aliphatic rings. The van der Waals surface area contributed by atoms with Gasteiger partial charge < -0.3 is 4.98 Å². The number of nitrogens with one attached hydrogen (secondary N) is 1. The van der Waals surface area contributed by atoms with E-state index in [-0.39, 0.29) is 5.69 Å². The van der Waals surface area contributed by atoms with Crippen molar-refractivity contribution in [3.63, 3.8) is 0 Å². The maximum atomic E-state index is 11.0. The highest BCUT2D eigenvalue weighted by atomic mass is 16.1. The molecule has 1 aromatic heterocycles. The average Bonchev–Trinajstić information content (AvgIpc) is 2.30. The van der Waals surface area contributed by atoms with Crippen molar-refractivity contribution in [3.8, 4) is 0 Å². The molecule has 0 saturated carbocycles. The van der Waals surface area contributed by atoms with E-state index in [4.69, 9.17) is 0 Å². The molecule has 0 bridgehead atoms. The Kier molecular flexibility index (Phi) is 1.04. The van der Waals surface area contributed by atoms with Crippen LogP contribution in [0.5, 0.6) is 0 Å². The molecule has 0 aromatic carbocycles. The molecule has 0 spiro atoms. The summed E-state index contributed by atoms with van der Waals surface area (Å²) in [5, 5.41) is 1.56. The number of hydrogen-bond acceptors (Lipinski definition) is 1. The third-order valence-corrected chi connectivity index (χ3v) is 1.66. The monoisotopic (exact) mass is 146 g/mol. The summed E-state index contributed by atoms with van der Waals surface area (Å²) >= 11 is 0. The lowest BCUT2D eigenvalue weighted by atomic mass is 10.4. The fraction of sp³-hybridized carbons (Fsp3) is 0.125. The molecular weight excluding hydrogens is 140 g/mol. The molecule has 3 nitrogen and oxygen atoms in total. The first-order valence-corrected chi connectivity index (χ1v) is 3.26. The van der Waals surface area contributed by atoms with Gasteiger partial charge in [0.05, 0.1) is 5.35 Å². The van der Waals surface area contributed by atoms with E-state index < -0.39 is 0 Å². The number of aromatic amines is 1. The van der Waals surface area contributed by atoms with Crippen LogP contribution in [0.25, 0.3) is 11.8 Å². The molecule has 54 valence electrons. The Morgan fingerprint density at radius 1 is 1.64 bits per heavy atom. The summed E-state index contributed by atoms with van der Waals surface area (Å²) in [4.78, 5) is 13.7. The van der Waals surface area contributed by atoms with Gasteiger partial charge in [-0.25, -0.2) is 4.79 Å². The lowest BCUT2D eigenvalue weighted by Crippen LogP contribution is -2.29. The molecule has 0 radical (unpaired) electrons. The molecule has 11 heavy (non-hydrogen) atoms. The lowest BCUT2D eigenvalue weighted by Gasteiger charge is -1.82. The third kappa shape index (κ3) is 0.729. The predicted octanol–water partition coefficient (Wildman–Crippen LogP) is -1.40. The van der Waals surface area contributed by atoms with E-state index in [0.717, 1.165) is 10.7 Å². The van der Waals surface area contributed by atoms with Crippen molar-refractivity contribution in [2.75, 3.05) is 0 Å². The molecule has 0 atom stereocenters. The molecule has 0 amide bonds. The van der Waals surface area contributed by atoms with E-state index >= 15 is 0 Å². The van der Waals surface area contributed by atoms with Gasteiger partial charge in [0, 0.05) is 7.05 Å². The quantitative estimate of drug-likeness (QED) is 0.449. The van der Waals surface area contributed by atoms with E-state index in [1.165, 1.54) is 4.57 Å². The van der Waals surface area contributed by atoms with Crippen molar-refractivity contribution in [2.24, 2.45) is 7.05 Å². The molecule has 1 aromatic rings. The van der Waals surface area contributed by atoms with Crippen LogP contribution in [0.15, 0.2) is 16.6 Å². The summed E-state index contributed by atoms with van der Waals surface area (Å²) in [5.74, 6) is 0. The molecule has 0 fully saturated rings. The van der Waals surface area contributed by atoms with E-state index in [2.05, 4.69) is 16.4 Å². The fourth-order valence-corrected chi connectivity index (χ4v) is 1.05. The number of nitrogens with zero attached hydrogens (tertiary/aromatic N) is 1. The second-order valence-electron chi connectivity index (χ2n) is 2.35. The second-order valence-corrected chi connectivity index (χ2v) is 2.35. The van der Waals surface area contributed by atoms with Gasteiger partial charge in [-0.15, -0.1) is 0 Å². The maximum Gasteiger partial charge on any atom is 0.326 e. The highest BCUT2D eigenvalue weighted by molar-refractivity contribution is 5.40. The van der Waals surface area contributed by atoms with Crippen LogP contribution < -0.4 is 16.4 Å². The zero-order valence-corrected chi connectivity index (χ0v) is 6.01. The van der Waals surface area contributed by atoms with Crippen molar-refractivity contribution < 1.29 is 0 Å². The molecule has 2 rings (SSSR count). The van der Waals surface area contributed by atoms with Crippen LogP contribution in [0.3, 0.4) is 0 Å². The van der Waals surface area contributed by atoms with Crippen LogP contribution in [0.4, 0.5) is 0 Å². The van der Waals surface area contributed by atoms with Gasteiger partial charge in [-0.05, 0) is 17.9 Å². The normalized spacial score (nSPS) is 12.1. The number of hydrogen-bond donors (Lipinski definition) is 1. The van der Waals surface area contributed by atoms with Gasteiger partial charge in [-0.3, -0.25) is 4.57 Å². The van der Waals surface area contributed by atoms with Crippen molar-refractivity contribution in [3.05, 3.63) is 33.0 Å². The number of allylic oxidation sites excluding steroid dienone is 1. The summed E-state index contributed by atoms with van der Waals surface area (Å²) in [6.07, 6.45) is 3.52. The Morgan fingerprint density at radius 2 is 2.45 bits per heavy atom. The van der Waals surface area contributed by atoms with Crippen LogP contribution >= 0.6 is 0 Å². The van der Waals surface area contributed by atoms with Crippen molar-refractivity contribution >= 4 is 11.8 Å². The summed E-state index contributed by atoms with van der Waals surface area (Å²) in [5.41, 5.74) is 5.52. The molecule has 3 heteroatoms. The number of imidazole rings is 1. The standard InChI is InChI=1S/C8H6N2O/c1-10-7-5-3-2-4-6(7)9-8(10)11/h2,4H,1H3,(H,9,11). The van der Waals surface area contributed by atoms with Gasteiger partial charge in [0.1, 0.15) is 5.35 Å². The molecular formula is C8H6N2O. The highest BCUT2D eigenvalue weighted by Crippen LogP contribution is 1.69. The van der Waals surface area contributed by atoms with Crippen LogP contribution in [-0.2, 0) is 7.05 Å². The average molecular weight is 146 g/mol. The molecule has 1 heterocycles. The van der Waals surface area contributed by atoms with Gasteiger partial charge in [-0.2, -0.15) is 0 Å². The summed E-state index contributed by atoms with van der Waals surface area (Å²) in [7, 11) is 1.70. The van der Waals surface area contributed by atoms with Crippen LogP contribution in [0, 0.1) is 0 Å². The van der Waals surface area contributed by atoms with Gasteiger partial charge in [0.15, 0.2) is 0 Å². The number of rotatable bonds is 0. The Labute approximate surface area is 62.3 Å². The molecule has 1 N–H and O–H groups in total. The lowest BCUT2D eigenvalue weighted by molar-refractivity contribution is 0.836. The van der Waals surface area contributed by atoms with E-state index in [9.17, 15) is 4.79 Å². The van der Waals surface area contributed by atoms with Gasteiger partial charge >= 0.3 is 5.69 Å². The Balaban J connectivity index is 3.26. The third-order valence-electron chi connectivity index (χ3n) is 1.66. The first-order chi connectivity index (χ1) is 5.29. The van der Waals surface area contributed by atoms with E-state index in [1.54, 1.807) is 19.2 Å². The SMILES string of the molecule is Cn1c(=O)[nH]c2c1=C=C=CC=2. The van der Waals surface area contributed by atoms with Crippen molar-refractivity contribution in [2.45, 2.75) is 0 Å².